The summed E-state index contributed by atoms with van der Waals surface area (Å²) in [6, 6.07) is 4.13. The highest BCUT2D eigenvalue weighted by molar-refractivity contribution is 7.99. The average molecular weight is 290 g/mol. The van der Waals surface area contributed by atoms with Gasteiger partial charge in [-0.15, -0.1) is 0 Å². The molecular weight excluding hydrogens is 268 g/mol. The highest BCUT2D eigenvalue weighted by atomic mass is 32.2. The molecule has 3 nitrogen and oxygen atoms in total. The van der Waals surface area contributed by atoms with Crippen molar-refractivity contribution in [2.45, 2.75) is 43.9 Å². The van der Waals surface area contributed by atoms with Gasteiger partial charge in [0.2, 0.25) is 5.91 Å². The van der Waals surface area contributed by atoms with Gasteiger partial charge in [0.05, 0.1) is 0 Å². The second-order valence-electron chi connectivity index (χ2n) is 5.07. The summed E-state index contributed by atoms with van der Waals surface area (Å²) in [6.07, 6.45) is 11.6. The van der Waals surface area contributed by atoms with E-state index in [1.54, 1.807) is 18.5 Å². The Morgan fingerprint density at radius 3 is 3.20 bits per heavy atom. The largest absolute Gasteiger partial charge is 0.350 e. The summed E-state index contributed by atoms with van der Waals surface area (Å²) in [4.78, 5) is 15.9. The number of hydrogen-bond donors (Lipinski definition) is 1. The number of carbonyl (C=O) groups excluding carboxylic acids is 1. The first kappa shape index (κ1) is 15.1. The monoisotopic (exact) mass is 290 g/mol. The first-order valence-electron chi connectivity index (χ1n) is 7.28. The van der Waals surface area contributed by atoms with Gasteiger partial charge < -0.3 is 5.32 Å². The highest BCUT2D eigenvalue weighted by Crippen LogP contribution is 2.28. The first-order chi connectivity index (χ1) is 9.78. The molecule has 2 atom stereocenters. The molecular formula is C16H22N2OS. The van der Waals surface area contributed by atoms with E-state index in [1.807, 2.05) is 30.0 Å². The van der Waals surface area contributed by atoms with Gasteiger partial charge in [0.15, 0.2) is 0 Å². The van der Waals surface area contributed by atoms with E-state index in [9.17, 15) is 4.79 Å². The molecule has 0 aromatic carbocycles. The van der Waals surface area contributed by atoms with Crippen LogP contribution in [0.2, 0.25) is 0 Å². The van der Waals surface area contributed by atoms with Gasteiger partial charge in [0.1, 0.15) is 0 Å². The molecule has 0 radical (unpaired) electrons. The molecule has 2 unspecified atom stereocenters. The highest BCUT2D eigenvalue weighted by Gasteiger charge is 2.22. The lowest BCUT2D eigenvalue weighted by atomic mass is 9.95. The topological polar surface area (TPSA) is 42.0 Å². The zero-order valence-corrected chi connectivity index (χ0v) is 12.7. The van der Waals surface area contributed by atoms with Crippen molar-refractivity contribution in [1.29, 1.82) is 0 Å². The van der Waals surface area contributed by atoms with Gasteiger partial charge in [-0.2, -0.15) is 11.8 Å². The predicted octanol–water partition coefficient (Wildman–Crippen LogP) is 3.28. The summed E-state index contributed by atoms with van der Waals surface area (Å²) in [5.74, 6) is 1.16. The van der Waals surface area contributed by atoms with Gasteiger partial charge in [0.25, 0.3) is 0 Å². The van der Waals surface area contributed by atoms with E-state index >= 15 is 0 Å². The van der Waals surface area contributed by atoms with E-state index in [0.717, 1.165) is 24.2 Å². The maximum absolute atomic E-state index is 11.9. The summed E-state index contributed by atoms with van der Waals surface area (Å²) >= 11 is 2.02. The molecule has 1 aromatic heterocycles. The molecule has 1 heterocycles. The summed E-state index contributed by atoms with van der Waals surface area (Å²) in [6.45, 7) is 2.20. The molecule has 0 spiro atoms. The number of rotatable bonds is 5. The third-order valence-electron chi connectivity index (χ3n) is 3.49. The van der Waals surface area contributed by atoms with Crippen LogP contribution in [0.4, 0.5) is 0 Å². The molecule has 108 valence electrons. The molecule has 1 fully saturated rings. The zero-order valence-electron chi connectivity index (χ0n) is 11.9. The number of aromatic nitrogens is 1. The van der Waals surface area contributed by atoms with E-state index in [4.69, 9.17) is 0 Å². The Kier molecular flexibility index (Phi) is 6.12. The van der Waals surface area contributed by atoms with Crippen LogP contribution < -0.4 is 5.32 Å². The molecule has 1 N–H and O–H groups in total. The fourth-order valence-electron chi connectivity index (χ4n) is 2.56. The number of pyridine rings is 1. The van der Waals surface area contributed by atoms with E-state index in [2.05, 4.69) is 17.2 Å². The number of nitrogens with zero attached hydrogens (tertiary/aromatic N) is 1. The lowest BCUT2D eigenvalue weighted by molar-refractivity contribution is -0.117. The Hall–Kier alpha value is -1.29. The van der Waals surface area contributed by atoms with E-state index in [-0.39, 0.29) is 5.91 Å². The summed E-state index contributed by atoms with van der Waals surface area (Å²) < 4.78 is 0. The van der Waals surface area contributed by atoms with Crippen LogP contribution in [-0.4, -0.2) is 27.9 Å². The van der Waals surface area contributed by atoms with E-state index in [0.29, 0.717) is 11.3 Å². The minimum absolute atomic E-state index is 0.000927. The molecule has 2 rings (SSSR count). The van der Waals surface area contributed by atoms with E-state index in [1.165, 1.54) is 12.8 Å². The molecule has 1 aliphatic carbocycles. The predicted molar refractivity (Wildman–Crippen MR) is 85.6 cm³/mol. The Morgan fingerprint density at radius 2 is 2.45 bits per heavy atom. The second kappa shape index (κ2) is 8.10. The van der Waals surface area contributed by atoms with Gasteiger partial charge in [-0.1, -0.05) is 19.4 Å². The second-order valence-corrected chi connectivity index (χ2v) is 6.65. The van der Waals surface area contributed by atoms with Gasteiger partial charge in [-0.05, 0) is 42.7 Å². The van der Waals surface area contributed by atoms with Crippen LogP contribution in [-0.2, 0) is 4.79 Å². The standard InChI is InChI=1S/C16H22N2OS/c1-2-20-15-7-3-6-14(11-15)18-16(19)9-8-13-5-4-10-17-12-13/h4-5,8-10,12,14-15H,2-3,6-7,11H2,1H3,(H,18,19)/b9-8+. The van der Waals surface area contributed by atoms with Crippen LogP contribution in [0.3, 0.4) is 0 Å². The van der Waals surface area contributed by atoms with Crippen molar-refractivity contribution in [1.82, 2.24) is 10.3 Å². The molecule has 1 amide bonds. The lowest BCUT2D eigenvalue weighted by Gasteiger charge is -2.28. The molecule has 0 saturated heterocycles. The molecule has 1 aliphatic rings. The van der Waals surface area contributed by atoms with Crippen molar-refractivity contribution in [2.75, 3.05) is 5.75 Å². The molecule has 1 aromatic rings. The number of nitrogens with one attached hydrogen (secondary N) is 1. The van der Waals surface area contributed by atoms with Gasteiger partial charge in [-0.3, -0.25) is 9.78 Å². The smallest absolute Gasteiger partial charge is 0.244 e. The number of thioether (sulfide) groups is 1. The Balaban J connectivity index is 1.80. The Bertz CT molecular complexity index is 445. The quantitative estimate of drug-likeness (QED) is 0.846. The Morgan fingerprint density at radius 1 is 1.55 bits per heavy atom. The SMILES string of the molecule is CCSC1CCCC(NC(=O)/C=C/c2cccnc2)C1. The first-order valence-corrected chi connectivity index (χ1v) is 8.33. The van der Waals surface area contributed by atoms with Crippen molar-refractivity contribution in [3.05, 3.63) is 36.2 Å². The summed E-state index contributed by atoms with van der Waals surface area (Å²) in [5.41, 5.74) is 0.950. The molecule has 1 saturated carbocycles. The van der Waals surface area contributed by atoms with Crippen molar-refractivity contribution in [3.63, 3.8) is 0 Å². The maximum Gasteiger partial charge on any atom is 0.244 e. The third kappa shape index (κ3) is 5.00. The molecule has 0 aliphatic heterocycles. The van der Waals surface area contributed by atoms with Crippen molar-refractivity contribution in [2.24, 2.45) is 0 Å². The van der Waals surface area contributed by atoms with Gasteiger partial charge in [0, 0.05) is 29.8 Å². The number of hydrogen-bond acceptors (Lipinski definition) is 3. The normalized spacial score (nSPS) is 22.9. The fourth-order valence-corrected chi connectivity index (χ4v) is 3.73. The number of amides is 1. The van der Waals surface area contributed by atoms with Crippen LogP contribution in [0.15, 0.2) is 30.6 Å². The van der Waals surface area contributed by atoms with Crippen LogP contribution in [0.1, 0.15) is 38.2 Å². The summed E-state index contributed by atoms with van der Waals surface area (Å²) in [7, 11) is 0. The van der Waals surface area contributed by atoms with Crippen molar-refractivity contribution >= 4 is 23.7 Å². The molecule has 0 bridgehead atoms. The fraction of sp³-hybridized carbons (Fsp3) is 0.500. The average Bonchev–Trinajstić information content (AvgIpc) is 2.47. The zero-order chi connectivity index (χ0) is 14.2. The van der Waals surface area contributed by atoms with E-state index < -0.39 is 0 Å². The number of carbonyl (C=O) groups is 1. The van der Waals surface area contributed by atoms with Crippen LogP contribution >= 0.6 is 11.8 Å². The van der Waals surface area contributed by atoms with Crippen LogP contribution in [0.25, 0.3) is 6.08 Å². The maximum atomic E-state index is 11.9. The summed E-state index contributed by atoms with van der Waals surface area (Å²) in [5, 5.41) is 3.83. The van der Waals surface area contributed by atoms with Crippen molar-refractivity contribution < 1.29 is 4.79 Å². The third-order valence-corrected chi connectivity index (χ3v) is 4.72. The van der Waals surface area contributed by atoms with Crippen molar-refractivity contribution in [3.8, 4) is 0 Å². The van der Waals surface area contributed by atoms with Crippen LogP contribution in [0.5, 0.6) is 0 Å². The minimum Gasteiger partial charge on any atom is -0.350 e. The molecule has 20 heavy (non-hydrogen) atoms. The lowest BCUT2D eigenvalue weighted by Crippen LogP contribution is -2.38. The van der Waals surface area contributed by atoms with Gasteiger partial charge >= 0.3 is 0 Å². The van der Waals surface area contributed by atoms with Gasteiger partial charge in [-0.25, -0.2) is 0 Å². The van der Waals surface area contributed by atoms with Crippen LogP contribution in [0, 0.1) is 0 Å². The Labute approximate surface area is 125 Å². The molecule has 4 heteroatoms. The minimum atomic E-state index is 0.000927.